The van der Waals surface area contributed by atoms with Crippen LogP contribution in [0.1, 0.15) is 49.7 Å². The number of piperazine rings is 1. The number of aryl methyl sites for hydroxylation is 1. The molecule has 4 saturated heterocycles. The van der Waals surface area contributed by atoms with Crippen molar-refractivity contribution in [1.29, 1.82) is 0 Å². The number of hydrogen-bond donors (Lipinski definition) is 2. The Morgan fingerprint density at radius 3 is 2.70 bits per heavy atom. The van der Waals surface area contributed by atoms with Gasteiger partial charge in [0, 0.05) is 38.1 Å². The number of aromatic nitrogens is 3. The van der Waals surface area contributed by atoms with Crippen LogP contribution < -0.4 is 25.4 Å². The molecular weight excluding hydrogens is 628 g/mol. The number of anilines is 2. The van der Waals surface area contributed by atoms with E-state index < -0.39 is 57.6 Å². The molecule has 2 aromatic heterocycles. The Labute approximate surface area is 265 Å². The second kappa shape index (κ2) is 9.74. The first-order chi connectivity index (χ1) is 22.3. The molecule has 7 heterocycles. The summed E-state index contributed by atoms with van der Waals surface area (Å²) in [7, 11) is 0. The topological polar surface area (TPSA) is 102 Å². The third-order valence-corrected chi connectivity index (χ3v) is 11.3. The number of benzene rings is 1. The average molecular weight is 662 g/mol. The molecule has 250 valence electrons. The molecule has 9 nitrogen and oxygen atoms in total. The highest BCUT2D eigenvalue weighted by Gasteiger charge is 2.62. The van der Waals surface area contributed by atoms with Crippen LogP contribution in [0.4, 0.5) is 38.0 Å². The summed E-state index contributed by atoms with van der Waals surface area (Å²) in [6.45, 7) is 2.76. The molecular formula is C32H33F6N7O2. The van der Waals surface area contributed by atoms with E-state index in [1.807, 2.05) is 4.90 Å². The molecule has 1 aliphatic carbocycles. The Kier molecular flexibility index (Phi) is 6.12. The molecule has 1 saturated carbocycles. The van der Waals surface area contributed by atoms with Gasteiger partial charge in [0.05, 0.1) is 33.8 Å². The third kappa shape index (κ3) is 4.40. The number of hydrogen-bond acceptors (Lipinski definition) is 9. The number of nitrogens with one attached hydrogen (secondary N) is 1. The number of halogens is 6. The van der Waals surface area contributed by atoms with Crippen molar-refractivity contribution in [2.45, 2.75) is 81.5 Å². The fourth-order valence-corrected chi connectivity index (χ4v) is 9.12. The Hall–Kier alpha value is -3.59. The van der Waals surface area contributed by atoms with Crippen molar-refractivity contribution < 1.29 is 35.8 Å². The Bertz CT molecular complexity index is 1840. The van der Waals surface area contributed by atoms with E-state index in [1.165, 1.54) is 0 Å². The van der Waals surface area contributed by atoms with Crippen molar-refractivity contribution in [2.75, 3.05) is 43.5 Å². The second-order valence-electron chi connectivity index (χ2n) is 14.4. The maximum Gasteiger partial charge on any atom is 0.418 e. The zero-order chi connectivity index (χ0) is 32.6. The van der Waals surface area contributed by atoms with Crippen LogP contribution in [-0.2, 0) is 6.18 Å². The van der Waals surface area contributed by atoms with Crippen LogP contribution in [-0.4, -0.2) is 82.5 Å². The van der Waals surface area contributed by atoms with Crippen molar-refractivity contribution in [1.82, 2.24) is 25.2 Å². The number of ether oxygens (including phenoxy) is 2. The standard InChI is InChI=1S/C32H33F6N7O2/c1-14-6-19(39)41-25(22(14)32(36,37)38)20-23(34)26-21-27(24(20)35)46-10-18-17-3-2-16(40-17)9-45(18)28(21)43-29(42-26)47-13-31-7-15(33)8-44(31)12-30(11-31)4-5-30/h6,15-18,40H,2-5,7-13H2,1H3,(H2,39,41)/t15-,16?,17?,18?,31-/m1/s1. The van der Waals surface area contributed by atoms with Gasteiger partial charge in [0.2, 0.25) is 0 Å². The Morgan fingerprint density at radius 2 is 1.94 bits per heavy atom. The number of rotatable bonds is 4. The quantitative estimate of drug-likeness (QED) is 0.377. The van der Waals surface area contributed by atoms with E-state index in [-0.39, 0.29) is 65.4 Å². The summed E-state index contributed by atoms with van der Waals surface area (Å²) >= 11 is 0. The van der Waals surface area contributed by atoms with Gasteiger partial charge >= 0.3 is 12.2 Å². The summed E-state index contributed by atoms with van der Waals surface area (Å²) in [5.74, 6) is -3.30. The van der Waals surface area contributed by atoms with E-state index in [0.29, 0.717) is 19.5 Å². The fourth-order valence-electron chi connectivity index (χ4n) is 9.12. The summed E-state index contributed by atoms with van der Waals surface area (Å²) in [6.07, 6.45) is -1.06. The minimum atomic E-state index is -5.00. The van der Waals surface area contributed by atoms with Gasteiger partial charge in [-0.2, -0.15) is 23.1 Å². The average Bonchev–Trinajstić information content (AvgIpc) is 3.45. The SMILES string of the molecule is Cc1cc(N)nc(-c2c(F)c3c4c(nc(OC[C@]56C[C@@H](F)CN5CC5(CC5)C6)nc4c2F)N2CC4CCC(N4)C2CO3)c1C(F)(F)F. The highest BCUT2D eigenvalue weighted by molar-refractivity contribution is 5.99. The molecule has 5 fully saturated rings. The zero-order valence-corrected chi connectivity index (χ0v) is 25.6. The van der Waals surface area contributed by atoms with Crippen LogP contribution in [0.3, 0.4) is 0 Å². The summed E-state index contributed by atoms with van der Waals surface area (Å²) in [4.78, 5) is 17.0. The highest BCUT2D eigenvalue weighted by Crippen LogP contribution is 2.61. The van der Waals surface area contributed by atoms with Crippen LogP contribution in [0.25, 0.3) is 22.2 Å². The third-order valence-electron chi connectivity index (χ3n) is 11.3. The van der Waals surface area contributed by atoms with Gasteiger partial charge in [0.15, 0.2) is 17.4 Å². The molecule has 5 atom stereocenters. The van der Waals surface area contributed by atoms with E-state index in [0.717, 1.165) is 51.6 Å². The van der Waals surface area contributed by atoms with Crippen molar-refractivity contribution >= 4 is 22.5 Å². The van der Waals surface area contributed by atoms with E-state index in [2.05, 4.69) is 20.2 Å². The first-order valence-electron chi connectivity index (χ1n) is 16.1. The maximum absolute atomic E-state index is 16.8. The number of nitrogens with zero attached hydrogens (tertiary/aromatic N) is 5. The van der Waals surface area contributed by atoms with Crippen molar-refractivity contribution in [3.63, 3.8) is 0 Å². The first kappa shape index (κ1) is 29.5. The minimum Gasteiger partial charge on any atom is -0.487 e. The number of pyridine rings is 1. The van der Waals surface area contributed by atoms with E-state index >= 15 is 8.78 Å². The second-order valence-corrected chi connectivity index (χ2v) is 14.4. The van der Waals surface area contributed by atoms with Gasteiger partial charge < -0.3 is 25.4 Å². The van der Waals surface area contributed by atoms with Gasteiger partial charge in [-0.1, -0.05) is 0 Å². The van der Waals surface area contributed by atoms with Crippen molar-refractivity contribution in [3.8, 4) is 23.0 Å². The Balaban J connectivity index is 1.23. The number of alkyl halides is 4. The highest BCUT2D eigenvalue weighted by atomic mass is 19.4. The van der Waals surface area contributed by atoms with Gasteiger partial charge in [0.25, 0.3) is 0 Å². The molecule has 15 heteroatoms. The maximum atomic E-state index is 16.8. The molecule has 6 aliphatic rings. The van der Waals surface area contributed by atoms with Gasteiger partial charge in [-0.15, -0.1) is 0 Å². The molecule has 3 aromatic rings. The summed E-state index contributed by atoms with van der Waals surface area (Å²) in [5, 5.41) is 3.45. The monoisotopic (exact) mass is 661 g/mol. The lowest BCUT2D eigenvalue weighted by Crippen LogP contribution is -2.60. The summed E-state index contributed by atoms with van der Waals surface area (Å²) < 4.78 is 103. The molecule has 47 heavy (non-hydrogen) atoms. The van der Waals surface area contributed by atoms with Crippen LogP contribution in [0.15, 0.2) is 6.07 Å². The van der Waals surface area contributed by atoms with Gasteiger partial charge in [-0.3, -0.25) is 4.90 Å². The largest absolute Gasteiger partial charge is 0.487 e. The molecule has 2 bridgehead atoms. The van der Waals surface area contributed by atoms with E-state index in [4.69, 9.17) is 20.2 Å². The van der Waals surface area contributed by atoms with Gasteiger partial charge in [-0.25, -0.2) is 18.2 Å². The van der Waals surface area contributed by atoms with Crippen LogP contribution in [0.2, 0.25) is 0 Å². The molecule has 3 N–H and O–H groups in total. The summed E-state index contributed by atoms with van der Waals surface area (Å²) in [6, 6.07) is 0.541. The zero-order valence-electron chi connectivity index (χ0n) is 25.6. The lowest BCUT2D eigenvalue weighted by molar-refractivity contribution is -0.137. The first-order valence-corrected chi connectivity index (χ1v) is 16.1. The molecule has 1 aromatic carbocycles. The van der Waals surface area contributed by atoms with E-state index in [1.54, 1.807) is 0 Å². The molecule has 5 aliphatic heterocycles. The number of fused-ring (bicyclic) bond motifs is 6. The van der Waals surface area contributed by atoms with Crippen LogP contribution in [0, 0.1) is 24.0 Å². The van der Waals surface area contributed by atoms with Gasteiger partial charge in [0.1, 0.15) is 36.5 Å². The van der Waals surface area contributed by atoms with E-state index in [9.17, 15) is 17.6 Å². The predicted molar refractivity (Wildman–Crippen MR) is 159 cm³/mol. The normalized spacial score (nSPS) is 30.4. The van der Waals surface area contributed by atoms with Crippen molar-refractivity contribution in [2.24, 2.45) is 5.41 Å². The fraction of sp³-hybridized carbons (Fsp3) is 0.594. The molecule has 1 spiro atoms. The van der Waals surface area contributed by atoms with Crippen LogP contribution >= 0.6 is 0 Å². The smallest absolute Gasteiger partial charge is 0.418 e. The summed E-state index contributed by atoms with van der Waals surface area (Å²) in [5.41, 5.74) is 1.27. The molecule has 0 radical (unpaired) electrons. The number of nitrogen functional groups attached to an aromatic ring is 1. The van der Waals surface area contributed by atoms with Crippen molar-refractivity contribution in [3.05, 3.63) is 28.8 Å². The van der Waals surface area contributed by atoms with Crippen LogP contribution in [0.5, 0.6) is 11.8 Å². The lowest BCUT2D eigenvalue weighted by Gasteiger charge is -2.40. The predicted octanol–water partition coefficient (Wildman–Crippen LogP) is 4.93. The number of nitrogens with two attached hydrogens (primary N) is 1. The molecule has 0 amide bonds. The Morgan fingerprint density at radius 1 is 1.13 bits per heavy atom. The van der Waals surface area contributed by atoms with Gasteiger partial charge in [-0.05, 0) is 56.1 Å². The lowest BCUT2D eigenvalue weighted by atomic mass is 9.89. The molecule has 3 unspecified atom stereocenters. The molecule has 9 rings (SSSR count). The minimum absolute atomic E-state index is 0.0262.